The lowest BCUT2D eigenvalue weighted by atomic mass is 9.94. The van der Waals surface area contributed by atoms with Gasteiger partial charge in [0, 0.05) is 18.2 Å². The fourth-order valence-corrected chi connectivity index (χ4v) is 2.21. The summed E-state index contributed by atoms with van der Waals surface area (Å²) >= 11 is 0. The first kappa shape index (κ1) is 11.1. The van der Waals surface area contributed by atoms with E-state index in [9.17, 15) is 4.79 Å². The van der Waals surface area contributed by atoms with Crippen LogP contribution in [-0.2, 0) is 11.3 Å². The van der Waals surface area contributed by atoms with Crippen LogP contribution in [0.3, 0.4) is 0 Å². The summed E-state index contributed by atoms with van der Waals surface area (Å²) in [6.07, 6.45) is 7.95. The molecule has 0 aliphatic heterocycles. The maximum Gasteiger partial charge on any atom is 0.222 e. The number of hydrogen-bond donors (Lipinski definition) is 3. The summed E-state index contributed by atoms with van der Waals surface area (Å²) in [5.41, 5.74) is 6.77. The van der Waals surface area contributed by atoms with Crippen LogP contribution in [0.15, 0.2) is 12.5 Å². The molecule has 16 heavy (non-hydrogen) atoms. The van der Waals surface area contributed by atoms with Crippen molar-refractivity contribution in [1.29, 1.82) is 0 Å². The minimum Gasteiger partial charge on any atom is -0.350 e. The van der Waals surface area contributed by atoms with Crippen molar-refractivity contribution < 1.29 is 4.79 Å². The Kier molecular flexibility index (Phi) is 3.24. The second-order valence-electron chi connectivity index (χ2n) is 4.60. The van der Waals surface area contributed by atoms with Gasteiger partial charge in [-0.1, -0.05) is 12.8 Å². The Morgan fingerprint density at radius 2 is 2.31 bits per heavy atom. The van der Waals surface area contributed by atoms with E-state index in [1.165, 1.54) is 0 Å². The van der Waals surface area contributed by atoms with Gasteiger partial charge in [-0.3, -0.25) is 4.79 Å². The molecule has 2 rings (SSSR count). The van der Waals surface area contributed by atoms with Crippen molar-refractivity contribution in [2.45, 2.75) is 44.2 Å². The highest BCUT2D eigenvalue weighted by Crippen LogP contribution is 2.29. The van der Waals surface area contributed by atoms with Crippen molar-refractivity contribution in [3.8, 4) is 0 Å². The largest absolute Gasteiger partial charge is 0.350 e. The van der Waals surface area contributed by atoms with E-state index in [4.69, 9.17) is 5.73 Å². The standard InChI is InChI=1S/C11H18N4O/c12-11(3-1-2-4-11)5-10(16)14-7-9-6-13-8-15-9/h6,8H,1-5,7,12H2,(H,13,15)(H,14,16). The fourth-order valence-electron chi connectivity index (χ4n) is 2.21. The van der Waals surface area contributed by atoms with E-state index in [2.05, 4.69) is 15.3 Å². The minimum absolute atomic E-state index is 0.0269. The van der Waals surface area contributed by atoms with Crippen LogP contribution in [0, 0.1) is 0 Å². The number of H-pyrrole nitrogens is 1. The van der Waals surface area contributed by atoms with Gasteiger partial charge < -0.3 is 16.0 Å². The van der Waals surface area contributed by atoms with Gasteiger partial charge in [0.2, 0.25) is 5.91 Å². The van der Waals surface area contributed by atoms with Gasteiger partial charge in [-0.25, -0.2) is 4.98 Å². The van der Waals surface area contributed by atoms with E-state index in [0.717, 1.165) is 31.4 Å². The molecule has 1 heterocycles. The molecule has 1 aliphatic rings. The summed E-state index contributed by atoms with van der Waals surface area (Å²) < 4.78 is 0. The van der Waals surface area contributed by atoms with Crippen molar-refractivity contribution >= 4 is 5.91 Å². The van der Waals surface area contributed by atoms with E-state index in [1.807, 2.05) is 0 Å². The molecule has 0 unspecified atom stereocenters. The van der Waals surface area contributed by atoms with Gasteiger partial charge in [-0.15, -0.1) is 0 Å². The Bertz CT molecular complexity index is 341. The molecular weight excluding hydrogens is 204 g/mol. The number of aromatic amines is 1. The first-order chi connectivity index (χ1) is 7.68. The van der Waals surface area contributed by atoms with Crippen molar-refractivity contribution in [2.24, 2.45) is 5.73 Å². The number of carbonyl (C=O) groups excluding carboxylic acids is 1. The number of imidazole rings is 1. The number of amides is 1. The van der Waals surface area contributed by atoms with Crippen LogP contribution in [0.4, 0.5) is 0 Å². The molecule has 1 aromatic rings. The lowest BCUT2D eigenvalue weighted by Crippen LogP contribution is -2.42. The third-order valence-corrected chi connectivity index (χ3v) is 3.14. The highest BCUT2D eigenvalue weighted by atomic mass is 16.1. The highest BCUT2D eigenvalue weighted by molar-refractivity contribution is 5.77. The van der Waals surface area contributed by atoms with Gasteiger partial charge in [-0.2, -0.15) is 0 Å². The molecule has 0 spiro atoms. The number of nitrogens with two attached hydrogens (primary N) is 1. The maximum atomic E-state index is 11.7. The van der Waals surface area contributed by atoms with E-state index in [-0.39, 0.29) is 11.4 Å². The van der Waals surface area contributed by atoms with Gasteiger partial charge in [-0.05, 0) is 12.8 Å². The van der Waals surface area contributed by atoms with Crippen molar-refractivity contribution in [3.05, 3.63) is 18.2 Å². The van der Waals surface area contributed by atoms with Crippen LogP contribution >= 0.6 is 0 Å². The number of rotatable bonds is 4. The van der Waals surface area contributed by atoms with E-state index in [1.54, 1.807) is 12.5 Å². The number of hydrogen-bond acceptors (Lipinski definition) is 3. The number of nitrogens with zero attached hydrogens (tertiary/aromatic N) is 1. The van der Waals surface area contributed by atoms with Crippen LogP contribution in [0.5, 0.6) is 0 Å². The topological polar surface area (TPSA) is 83.8 Å². The Morgan fingerprint density at radius 1 is 1.56 bits per heavy atom. The molecule has 1 fully saturated rings. The van der Waals surface area contributed by atoms with Crippen LogP contribution in [0.25, 0.3) is 0 Å². The average molecular weight is 222 g/mol. The zero-order valence-corrected chi connectivity index (χ0v) is 9.33. The Balaban J connectivity index is 1.76. The first-order valence-corrected chi connectivity index (χ1v) is 5.71. The molecule has 1 amide bonds. The molecule has 1 aromatic heterocycles. The van der Waals surface area contributed by atoms with Gasteiger partial charge in [0.15, 0.2) is 0 Å². The SMILES string of the molecule is NC1(CC(=O)NCc2cnc[nH]2)CCCC1. The summed E-state index contributed by atoms with van der Waals surface area (Å²) in [5.74, 6) is 0.0269. The van der Waals surface area contributed by atoms with Gasteiger partial charge in [0.05, 0.1) is 18.6 Å². The lowest BCUT2D eigenvalue weighted by Gasteiger charge is -2.22. The zero-order chi connectivity index (χ0) is 11.4. The molecule has 0 saturated heterocycles. The Labute approximate surface area is 94.8 Å². The molecule has 4 N–H and O–H groups in total. The molecule has 0 aromatic carbocycles. The predicted octanol–water partition coefficient (Wildman–Crippen LogP) is 0.687. The normalized spacial score (nSPS) is 18.6. The smallest absolute Gasteiger partial charge is 0.222 e. The predicted molar refractivity (Wildman–Crippen MR) is 60.4 cm³/mol. The number of carbonyl (C=O) groups is 1. The van der Waals surface area contributed by atoms with Crippen LogP contribution in [0.2, 0.25) is 0 Å². The van der Waals surface area contributed by atoms with E-state index < -0.39 is 0 Å². The molecule has 0 atom stereocenters. The summed E-state index contributed by atoms with van der Waals surface area (Å²) in [6.45, 7) is 0.495. The first-order valence-electron chi connectivity index (χ1n) is 5.71. The van der Waals surface area contributed by atoms with Gasteiger partial charge in [0.1, 0.15) is 0 Å². The van der Waals surface area contributed by atoms with Crippen LogP contribution in [0.1, 0.15) is 37.8 Å². The monoisotopic (exact) mass is 222 g/mol. The van der Waals surface area contributed by atoms with Crippen LogP contribution in [-0.4, -0.2) is 21.4 Å². The van der Waals surface area contributed by atoms with E-state index >= 15 is 0 Å². The van der Waals surface area contributed by atoms with Crippen molar-refractivity contribution in [3.63, 3.8) is 0 Å². The highest BCUT2D eigenvalue weighted by Gasteiger charge is 2.31. The third kappa shape index (κ3) is 2.82. The third-order valence-electron chi connectivity index (χ3n) is 3.14. The second-order valence-corrected chi connectivity index (χ2v) is 4.60. The Morgan fingerprint density at radius 3 is 2.94 bits per heavy atom. The number of nitrogens with one attached hydrogen (secondary N) is 2. The van der Waals surface area contributed by atoms with Gasteiger partial charge >= 0.3 is 0 Å². The lowest BCUT2D eigenvalue weighted by molar-refractivity contribution is -0.122. The summed E-state index contributed by atoms with van der Waals surface area (Å²) in [6, 6.07) is 0. The summed E-state index contributed by atoms with van der Waals surface area (Å²) in [7, 11) is 0. The van der Waals surface area contributed by atoms with Gasteiger partial charge in [0.25, 0.3) is 0 Å². The molecule has 5 heteroatoms. The Hall–Kier alpha value is -1.36. The zero-order valence-electron chi connectivity index (χ0n) is 9.33. The van der Waals surface area contributed by atoms with Crippen LogP contribution < -0.4 is 11.1 Å². The average Bonchev–Trinajstić information content (AvgIpc) is 2.86. The minimum atomic E-state index is -0.266. The molecule has 1 saturated carbocycles. The molecule has 0 bridgehead atoms. The quantitative estimate of drug-likeness (QED) is 0.700. The van der Waals surface area contributed by atoms with E-state index in [0.29, 0.717) is 13.0 Å². The van der Waals surface area contributed by atoms with Crippen molar-refractivity contribution in [1.82, 2.24) is 15.3 Å². The molecule has 88 valence electrons. The molecule has 5 nitrogen and oxygen atoms in total. The molecule has 0 radical (unpaired) electrons. The fraction of sp³-hybridized carbons (Fsp3) is 0.636. The maximum absolute atomic E-state index is 11.7. The molecule has 1 aliphatic carbocycles. The summed E-state index contributed by atoms with van der Waals surface area (Å²) in [5, 5.41) is 2.85. The second kappa shape index (κ2) is 4.65. The molecular formula is C11H18N4O. The van der Waals surface area contributed by atoms with Crippen molar-refractivity contribution in [2.75, 3.05) is 0 Å². The number of aromatic nitrogens is 2. The summed E-state index contributed by atoms with van der Waals surface area (Å²) in [4.78, 5) is 18.5.